The molecule has 112 valence electrons. The highest BCUT2D eigenvalue weighted by atomic mass is 79.9. The van der Waals surface area contributed by atoms with Crippen LogP contribution in [0.15, 0.2) is 27.1 Å². The lowest BCUT2D eigenvalue weighted by Gasteiger charge is -2.11. The van der Waals surface area contributed by atoms with Crippen molar-refractivity contribution in [3.63, 3.8) is 0 Å². The van der Waals surface area contributed by atoms with Crippen molar-refractivity contribution >= 4 is 21.9 Å². The monoisotopic (exact) mass is 354 g/mol. The van der Waals surface area contributed by atoms with Gasteiger partial charge < -0.3 is 14.3 Å². The standard InChI is InChI=1S/C14H15BrN2O4/c1-14(2,3)13-17-16-11(21-13)7-20-10-5-4-8(15)6-9(10)12(18)19/h4-6H,7H2,1-3H3,(H,18,19). The Bertz CT molecular complexity index is 661. The minimum atomic E-state index is -1.06. The van der Waals surface area contributed by atoms with Gasteiger partial charge in [0.05, 0.1) is 0 Å². The van der Waals surface area contributed by atoms with Crippen molar-refractivity contribution < 1.29 is 19.1 Å². The number of hydrogen-bond acceptors (Lipinski definition) is 5. The van der Waals surface area contributed by atoms with E-state index in [0.717, 1.165) is 0 Å². The Kier molecular flexibility index (Phi) is 4.32. The third-order valence-corrected chi connectivity index (χ3v) is 3.12. The van der Waals surface area contributed by atoms with E-state index in [1.54, 1.807) is 12.1 Å². The van der Waals surface area contributed by atoms with Crippen LogP contribution in [0.25, 0.3) is 0 Å². The normalized spacial score (nSPS) is 11.4. The van der Waals surface area contributed by atoms with E-state index in [1.165, 1.54) is 6.07 Å². The zero-order valence-corrected chi connectivity index (χ0v) is 13.5. The lowest BCUT2D eigenvalue weighted by molar-refractivity contribution is 0.0691. The molecule has 7 heteroatoms. The molecule has 0 saturated heterocycles. The van der Waals surface area contributed by atoms with E-state index in [9.17, 15) is 4.79 Å². The van der Waals surface area contributed by atoms with Gasteiger partial charge in [0.25, 0.3) is 5.89 Å². The summed E-state index contributed by atoms with van der Waals surface area (Å²) >= 11 is 3.23. The van der Waals surface area contributed by atoms with E-state index in [-0.39, 0.29) is 23.3 Å². The third-order valence-electron chi connectivity index (χ3n) is 2.63. The molecule has 0 unspecified atom stereocenters. The molecule has 1 aromatic carbocycles. The Labute approximate surface area is 130 Å². The van der Waals surface area contributed by atoms with Crippen LogP contribution < -0.4 is 4.74 Å². The molecule has 0 spiro atoms. The number of halogens is 1. The van der Waals surface area contributed by atoms with Crippen LogP contribution in [0, 0.1) is 0 Å². The summed E-state index contributed by atoms with van der Waals surface area (Å²) in [6, 6.07) is 4.76. The van der Waals surface area contributed by atoms with Gasteiger partial charge in [-0.1, -0.05) is 36.7 Å². The van der Waals surface area contributed by atoms with Gasteiger partial charge >= 0.3 is 5.97 Å². The maximum absolute atomic E-state index is 11.2. The summed E-state index contributed by atoms with van der Waals surface area (Å²) < 4.78 is 11.6. The van der Waals surface area contributed by atoms with E-state index in [1.807, 2.05) is 20.8 Å². The number of benzene rings is 1. The molecule has 21 heavy (non-hydrogen) atoms. The summed E-state index contributed by atoms with van der Waals surface area (Å²) in [5, 5.41) is 17.0. The van der Waals surface area contributed by atoms with Gasteiger partial charge in [0.2, 0.25) is 5.89 Å². The zero-order valence-electron chi connectivity index (χ0n) is 11.9. The lowest BCUT2D eigenvalue weighted by Crippen LogP contribution is -2.11. The van der Waals surface area contributed by atoms with Gasteiger partial charge in [-0.2, -0.15) is 0 Å². The molecule has 1 aromatic heterocycles. The first kappa shape index (κ1) is 15.5. The van der Waals surface area contributed by atoms with Gasteiger partial charge in [0.15, 0.2) is 6.61 Å². The quantitative estimate of drug-likeness (QED) is 0.905. The van der Waals surface area contributed by atoms with Crippen molar-refractivity contribution in [2.45, 2.75) is 32.8 Å². The van der Waals surface area contributed by atoms with Crippen molar-refractivity contribution in [3.8, 4) is 5.75 Å². The van der Waals surface area contributed by atoms with Crippen LogP contribution in [-0.2, 0) is 12.0 Å². The first-order valence-corrected chi connectivity index (χ1v) is 7.05. The average molecular weight is 355 g/mol. The topological polar surface area (TPSA) is 85.5 Å². The van der Waals surface area contributed by atoms with Crippen LogP contribution in [0.1, 0.15) is 42.9 Å². The molecule has 0 amide bonds. The van der Waals surface area contributed by atoms with Crippen LogP contribution in [0.5, 0.6) is 5.75 Å². The average Bonchev–Trinajstić information content (AvgIpc) is 2.85. The number of carbonyl (C=O) groups is 1. The fourth-order valence-electron chi connectivity index (χ4n) is 1.55. The predicted molar refractivity (Wildman–Crippen MR) is 78.4 cm³/mol. The maximum atomic E-state index is 11.2. The Morgan fingerprint density at radius 2 is 2.10 bits per heavy atom. The molecule has 0 bridgehead atoms. The number of carboxylic acids is 1. The van der Waals surface area contributed by atoms with E-state index >= 15 is 0 Å². The Morgan fingerprint density at radius 1 is 1.38 bits per heavy atom. The SMILES string of the molecule is CC(C)(C)c1nnc(COc2ccc(Br)cc2C(=O)O)o1. The molecular formula is C14H15BrN2O4. The number of aromatic nitrogens is 2. The van der Waals surface area contributed by atoms with Crippen LogP contribution in [0.4, 0.5) is 0 Å². The number of carboxylic acid groups (broad SMARTS) is 1. The molecule has 1 N–H and O–H groups in total. The smallest absolute Gasteiger partial charge is 0.339 e. The first-order valence-electron chi connectivity index (χ1n) is 6.26. The molecule has 1 heterocycles. The van der Waals surface area contributed by atoms with Crippen LogP contribution >= 0.6 is 15.9 Å². The second-order valence-corrected chi connectivity index (χ2v) is 6.40. The van der Waals surface area contributed by atoms with E-state index in [4.69, 9.17) is 14.3 Å². The molecule has 0 fully saturated rings. The first-order chi connectivity index (χ1) is 9.77. The summed E-state index contributed by atoms with van der Waals surface area (Å²) in [7, 11) is 0. The third kappa shape index (κ3) is 3.81. The predicted octanol–water partition coefficient (Wildman–Crippen LogP) is 3.41. The molecular weight excluding hydrogens is 340 g/mol. The molecule has 0 radical (unpaired) electrons. The molecule has 6 nitrogen and oxygen atoms in total. The molecule has 0 saturated carbocycles. The highest BCUT2D eigenvalue weighted by Gasteiger charge is 2.21. The minimum absolute atomic E-state index is 0.0188. The number of ether oxygens (including phenoxy) is 1. The fraction of sp³-hybridized carbons (Fsp3) is 0.357. The van der Waals surface area contributed by atoms with Crippen LogP contribution in [0.3, 0.4) is 0 Å². The van der Waals surface area contributed by atoms with Crippen molar-refractivity contribution in [1.82, 2.24) is 10.2 Å². The van der Waals surface area contributed by atoms with Crippen molar-refractivity contribution in [2.24, 2.45) is 0 Å². The van der Waals surface area contributed by atoms with Gasteiger partial charge in [-0.3, -0.25) is 0 Å². The summed E-state index contributed by atoms with van der Waals surface area (Å²) in [5.41, 5.74) is -0.172. The second-order valence-electron chi connectivity index (χ2n) is 5.49. The molecule has 0 atom stereocenters. The molecule has 2 aromatic rings. The summed E-state index contributed by atoms with van der Waals surface area (Å²) in [5.74, 6) is 0.00275. The number of nitrogens with zero attached hydrogens (tertiary/aromatic N) is 2. The van der Waals surface area contributed by atoms with Crippen molar-refractivity contribution in [3.05, 3.63) is 40.0 Å². The molecule has 2 rings (SSSR count). The minimum Gasteiger partial charge on any atom is -0.483 e. The lowest BCUT2D eigenvalue weighted by atomic mass is 9.97. The van der Waals surface area contributed by atoms with Gasteiger partial charge in [-0.05, 0) is 18.2 Å². The summed E-state index contributed by atoms with van der Waals surface area (Å²) in [6.45, 7) is 5.90. The van der Waals surface area contributed by atoms with Gasteiger partial charge in [-0.25, -0.2) is 4.79 Å². The Hall–Kier alpha value is -1.89. The van der Waals surface area contributed by atoms with Crippen molar-refractivity contribution in [2.75, 3.05) is 0 Å². The molecule has 0 aliphatic rings. The van der Waals surface area contributed by atoms with Gasteiger partial charge in [0.1, 0.15) is 11.3 Å². The highest BCUT2D eigenvalue weighted by molar-refractivity contribution is 9.10. The summed E-state index contributed by atoms with van der Waals surface area (Å²) in [6.07, 6.45) is 0. The van der Waals surface area contributed by atoms with Crippen molar-refractivity contribution in [1.29, 1.82) is 0 Å². The van der Waals surface area contributed by atoms with E-state index in [0.29, 0.717) is 16.3 Å². The zero-order chi connectivity index (χ0) is 15.6. The van der Waals surface area contributed by atoms with E-state index < -0.39 is 5.97 Å². The number of rotatable bonds is 4. The summed E-state index contributed by atoms with van der Waals surface area (Å²) in [4.78, 5) is 11.2. The van der Waals surface area contributed by atoms with Crippen LogP contribution in [-0.4, -0.2) is 21.3 Å². The largest absolute Gasteiger partial charge is 0.483 e. The molecule has 0 aliphatic carbocycles. The maximum Gasteiger partial charge on any atom is 0.339 e. The van der Waals surface area contributed by atoms with E-state index in [2.05, 4.69) is 26.1 Å². The highest BCUT2D eigenvalue weighted by Crippen LogP contribution is 2.25. The van der Waals surface area contributed by atoms with Gasteiger partial charge in [0, 0.05) is 9.89 Å². The number of hydrogen-bond donors (Lipinski definition) is 1. The fourth-order valence-corrected chi connectivity index (χ4v) is 1.91. The Morgan fingerprint density at radius 3 is 2.67 bits per heavy atom. The Balaban J connectivity index is 2.13. The van der Waals surface area contributed by atoms with Crippen LogP contribution in [0.2, 0.25) is 0 Å². The van der Waals surface area contributed by atoms with Gasteiger partial charge in [-0.15, -0.1) is 10.2 Å². The second kappa shape index (κ2) is 5.85. The number of aromatic carboxylic acids is 1. The molecule has 0 aliphatic heterocycles.